The van der Waals surface area contributed by atoms with Crippen LogP contribution < -0.4 is 14.2 Å². The Labute approximate surface area is 223 Å². The first-order chi connectivity index (χ1) is 18.5. The van der Waals surface area contributed by atoms with Gasteiger partial charge in [-0.1, -0.05) is 35.4 Å². The zero-order valence-corrected chi connectivity index (χ0v) is 21.8. The third kappa shape index (κ3) is 8.10. The van der Waals surface area contributed by atoms with Gasteiger partial charge in [-0.2, -0.15) is 0 Å². The second-order valence-electron chi connectivity index (χ2n) is 9.16. The van der Waals surface area contributed by atoms with Crippen LogP contribution in [0.2, 0.25) is 0 Å². The van der Waals surface area contributed by atoms with Gasteiger partial charge in [0.05, 0.1) is 24.5 Å². The number of aryl methyl sites for hydroxylation is 2. The Morgan fingerprint density at radius 3 is 1.68 bits per heavy atom. The van der Waals surface area contributed by atoms with Gasteiger partial charge in [0.15, 0.2) is 0 Å². The van der Waals surface area contributed by atoms with Crippen molar-refractivity contribution in [3.8, 4) is 17.2 Å². The molecule has 0 heterocycles. The van der Waals surface area contributed by atoms with E-state index in [4.69, 9.17) is 18.9 Å². The molecule has 4 rings (SSSR count). The Hall–Kier alpha value is -4.32. The smallest absolute Gasteiger partial charge is 0.343 e. The number of esters is 2. The van der Waals surface area contributed by atoms with E-state index in [-0.39, 0.29) is 5.97 Å². The number of carbonyl (C=O) groups is 2. The summed E-state index contributed by atoms with van der Waals surface area (Å²) in [5.41, 5.74) is 3.33. The molecule has 0 atom stereocenters. The van der Waals surface area contributed by atoms with Crippen molar-refractivity contribution in [2.24, 2.45) is 0 Å². The van der Waals surface area contributed by atoms with E-state index >= 15 is 0 Å². The molecule has 0 saturated carbocycles. The number of unbranched alkanes of at least 4 members (excludes halogenated alkanes) is 1. The molecule has 0 N–H and O–H groups in total. The average Bonchev–Trinajstić information content (AvgIpc) is 2.94. The molecular weight excluding hydrogens is 480 g/mol. The molecule has 1 aliphatic rings. The zero-order valence-electron chi connectivity index (χ0n) is 21.8. The quantitative estimate of drug-likeness (QED) is 0.158. The van der Waals surface area contributed by atoms with Crippen molar-refractivity contribution < 1.29 is 28.5 Å². The van der Waals surface area contributed by atoms with Crippen molar-refractivity contribution in [3.63, 3.8) is 0 Å². The topological polar surface area (TPSA) is 71.1 Å². The maximum absolute atomic E-state index is 12.3. The van der Waals surface area contributed by atoms with E-state index in [0.29, 0.717) is 54.4 Å². The lowest BCUT2D eigenvalue weighted by molar-refractivity contribution is -0.130. The summed E-state index contributed by atoms with van der Waals surface area (Å²) in [5.74, 6) is 1.90. The molecule has 0 saturated heterocycles. The number of hydrogen-bond acceptors (Lipinski definition) is 6. The second-order valence-corrected chi connectivity index (χ2v) is 9.16. The van der Waals surface area contributed by atoms with Crippen molar-refractivity contribution in [2.75, 3.05) is 13.2 Å². The van der Waals surface area contributed by atoms with E-state index in [2.05, 4.69) is 0 Å². The summed E-state index contributed by atoms with van der Waals surface area (Å²) in [4.78, 5) is 24.6. The number of hydrogen-bond donors (Lipinski definition) is 0. The van der Waals surface area contributed by atoms with Gasteiger partial charge in [-0.3, -0.25) is 0 Å². The highest BCUT2D eigenvalue weighted by Gasteiger charge is 2.16. The Morgan fingerprint density at radius 1 is 0.605 bits per heavy atom. The third-order valence-corrected chi connectivity index (χ3v) is 6.02. The minimum absolute atomic E-state index is 0.322. The van der Waals surface area contributed by atoms with E-state index in [1.165, 1.54) is 0 Å². The van der Waals surface area contributed by atoms with Gasteiger partial charge in [-0.05, 0) is 93.8 Å². The molecular formula is C32H32O6. The second kappa shape index (κ2) is 13.3. The predicted molar refractivity (Wildman–Crippen MR) is 145 cm³/mol. The van der Waals surface area contributed by atoms with Crippen LogP contribution in [0.4, 0.5) is 0 Å². The molecule has 3 aromatic carbocycles. The number of carbonyl (C=O) groups excluding carboxylic acids is 2. The minimum Gasteiger partial charge on any atom is -0.498 e. The largest absolute Gasteiger partial charge is 0.498 e. The standard InChI is InChI=1S/C32H32O6/c1-23-5-13-29(14-6-23)37-31(33)25-9-17-27(18-10-25)35-21-3-4-22-36-28-19-11-26(12-20-28)32(34)38-30-15-7-24(2)8-16-30/h5-11,13-19H,3-4,12,20-22H2,1-2H3. The molecule has 196 valence electrons. The minimum atomic E-state index is -0.403. The fourth-order valence-corrected chi connectivity index (χ4v) is 3.74. The van der Waals surface area contributed by atoms with E-state index < -0.39 is 5.97 Å². The van der Waals surface area contributed by atoms with Gasteiger partial charge in [-0.25, -0.2) is 9.59 Å². The van der Waals surface area contributed by atoms with Gasteiger partial charge in [-0.15, -0.1) is 0 Å². The summed E-state index contributed by atoms with van der Waals surface area (Å²) >= 11 is 0. The molecule has 6 nitrogen and oxygen atoms in total. The molecule has 0 aromatic heterocycles. The highest BCUT2D eigenvalue weighted by atomic mass is 16.5. The summed E-state index contributed by atoms with van der Waals surface area (Å²) in [6.07, 6.45) is 6.55. The SMILES string of the molecule is Cc1ccc(OC(=O)C2=CC=C(OCCCCOc3ccc(C(=O)Oc4ccc(C)cc4)cc3)CC2)cc1. The lowest BCUT2D eigenvalue weighted by atomic mass is 10.0. The van der Waals surface area contributed by atoms with Crippen LogP contribution >= 0.6 is 0 Å². The van der Waals surface area contributed by atoms with Gasteiger partial charge >= 0.3 is 11.9 Å². The number of allylic oxidation sites excluding steroid dienone is 3. The predicted octanol–water partition coefficient (Wildman–Crippen LogP) is 6.91. The van der Waals surface area contributed by atoms with Crippen molar-refractivity contribution in [1.82, 2.24) is 0 Å². The fraction of sp³-hybridized carbons (Fsp3) is 0.250. The van der Waals surface area contributed by atoms with Crippen molar-refractivity contribution in [3.05, 3.63) is 113 Å². The van der Waals surface area contributed by atoms with Crippen LogP contribution in [0.5, 0.6) is 17.2 Å². The molecule has 6 heteroatoms. The highest BCUT2D eigenvalue weighted by molar-refractivity contribution is 5.91. The summed E-state index contributed by atoms with van der Waals surface area (Å²) in [6.45, 7) is 5.09. The molecule has 38 heavy (non-hydrogen) atoms. The van der Waals surface area contributed by atoms with Crippen LogP contribution in [-0.2, 0) is 9.53 Å². The maximum Gasteiger partial charge on any atom is 0.343 e. The van der Waals surface area contributed by atoms with E-state index in [0.717, 1.165) is 29.7 Å². The van der Waals surface area contributed by atoms with E-state index in [9.17, 15) is 9.59 Å². The first-order valence-corrected chi connectivity index (χ1v) is 12.8. The Bertz CT molecular complexity index is 1290. The molecule has 0 radical (unpaired) electrons. The van der Waals surface area contributed by atoms with Crippen LogP contribution in [0, 0.1) is 13.8 Å². The molecule has 0 spiro atoms. The van der Waals surface area contributed by atoms with E-state index in [1.807, 2.05) is 44.2 Å². The lowest BCUT2D eigenvalue weighted by Gasteiger charge is -2.15. The molecule has 0 bridgehead atoms. The van der Waals surface area contributed by atoms with E-state index in [1.54, 1.807) is 54.6 Å². The monoisotopic (exact) mass is 512 g/mol. The Kier molecular flexibility index (Phi) is 9.35. The average molecular weight is 513 g/mol. The number of ether oxygens (including phenoxy) is 4. The summed E-state index contributed by atoms with van der Waals surface area (Å²) < 4.78 is 22.5. The zero-order chi connectivity index (χ0) is 26.7. The van der Waals surface area contributed by atoms with Crippen molar-refractivity contribution >= 4 is 11.9 Å². The fourth-order valence-electron chi connectivity index (χ4n) is 3.74. The van der Waals surface area contributed by atoms with Gasteiger partial charge in [0.2, 0.25) is 0 Å². The molecule has 0 amide bonds. The van der Waals surface area contributed by atoms with Crippen LogP contribution in [0.15, 0.2) is 96.3 Å². The number of rotatable bonds is 11. The molecule has 3 aromatic rings. The van der Waals surface area contributed by atoms with Gasteiger partial charge < -0.3 is 18.9 Å². The Balaban J connectivity index is 1.11. The molecule has 0 unspecified atom stereocenters. The van der Waals surface area contributed by atoms with Gasteiger partial charge in [0.1, 0.15) is 17.2 Å². The number of benzene rings is 3. The maximum atomic E-state index is 12.3. The molecule has 1 aliphatic carbocycles. The summed E-state index contributed by atoms with van der Waals surface area (Å²) in [5, 5.41) is 0. The highest BCUT2D eigenvalue weighted by Crippen LogP contribution is 2.22. The van der Waals surface area contributed by atoms with Crippen molar-refractivity contribution in [1.29, 1.82) is 0 Å². The first kappa shape index (κ1) is 26.7. The normalized spacial score (nSPS) is 12.7. The van der Waals surface area contributed by atoms with Crippen LogP contribution in [0.1, 0.15) is 47.2 Å². The lowest BCUT2D eigenvalue weighted by Crippen LogP contribution is -2.13. The van der Waals surface area contributed by atoms with Crippen LogP contribution in [-0.4, -0.2) is 25.2 Å². The Morgan fingerprint density at radius 2 is 1.13 bits per heavy atom. The van der Waals surface area contributed by atoms with Gasteiger partial charge in [0, 0.05) is 12.0 Å². The van der Waals surface area contributed by atoms with Crippen LogP contribution in [0.3, 0.4) is 0 Å². The molecule has 0 fully saturated rings. The summed E-state index contributed by atoms with van der Waals surface area (Å²) in [6, 6.07) is 21.7. The van der Waals surface area contributed by atoms with Crippen LogP contribution in [0.25, 0.3) is 0 Å². The molecule has 0 aliphatic heterocycles. The van der Waals surface area contributed by atoms with Gasteiger partial charge in [0.25, 0.3) is 0 Å². The first-order valence-electron chi connectivity index (χ1n) is 12.8. The van der Waals surface area contributed by atoms with Crippen molar-refractivity contribution in [2.45, 2.75) is 39.5 Å². The summed E-state index contributed by atoms with van der Waals surface area (Å²) in [7, 11) is 0. The third-order valence-electron chi connectivity index (χ3n) is 6.02.